The van der Waals surface area contributed by atoms with Crippen LogP contribution in [0.1, 0.15) is 5.56 Å². The zero-order chi connectivity index (χ0) is 12.1. The van der Waals surface area contributed by atoms with Crippen molar-refractivity contribution < 1.29 is 4.79 Å². The number of urea groups is 1. The van der Waals surface area contributed by atoms with Crippen LogP contribution in [0.2, 0.25) is 0 Å². The van der Waals surface area contributed by atoms with E-state index in [9.17, 15) is 4.79 Å². The first-order chi connectivity index (χ1) is 8.24. The average molecular weight is 266 g/mol. The van der Waals surface area contributed by atoms with Crippen LogP contribution in [0, 0.1) is 3.95 Å². The molecule has 0 unspecified atom stereocenters. The van der Waals surface area contributed by atoms with Gasteiger partial charge in [0.15, 0.2) is 3.95 Å². The Bertz CT molecular complexity index is 549. The van der Waals surface area contributed by atoms with Gasteiger partial charge in [-0.05, 0) is 17.8 Å². The van der Waals surface area contributed by atoms with E-state index in [1.165, 1.54) is 11.3 Å². The topological polar surface area (TPSA) is 69.8 Å². The number of carbonyl (C=O) groups is 1. The molecule has 1 aromatic heterocycles. The van der Waals surface area contributed by atoms with Crippen molar-refractivity contribution in [1.82, 2.24) is 15.5 Å². The predicted octanol–water partition coefficient (Wildman–Crippen LogP) is 2.52. The van der Waals surface area contributed by atoms with Gasteiger partial charge < -0.3 is 5.32 Å². The van der Waals surface area contributed by atoms with E-state index in [1.807, 2.05) is 30.3 Å². The zero-order valence-electron chi connectivity index (χ0n) is 8.77. The fourth-order valence-corrected chi connectivity index (χ4v) is 1.99. The highest BCUT2D eigenvalue weighted by Gasteiger charge is 2.03. The van der Waals surface area contributed by atoms with Crippen LogP contribution >= 0.6 is 23.6 Å². The number of aromatic nitrogens is 2. The number of nitrogens with zero attached hydrogens (tertiary/aromatic N) is 1. The lowest BCUT2D eigenvalue weighted by Gasteiger charge is -2.04. The maximum absolute atomic E-state index is 11.5. The molecular formula is C10H10N4OS2. The summed E-state index contributed by atoms with van der Waals surface area (Å²) in [4.78, 5) is 11.5. The number of H-pyrrole nitrogens is 1. The molecule has 2 aromatic rings. The number of benzene rings is 1. The molecule has 5 nitrogen and oxygen atoms in total. The molecule has 0 aliphatic heterocycles. The van der Waals surface area contributed by atoms with Crippen LogP contribution in [-0.4, -0.2) is 16.2 Å². The minimum atomic E-state index is -0.299. The van der Waals surface area contributed by atoms with E-state index in [4.69, 9.17) is 12.2 Å². The Morgan fingerprint density at radius 3 is 2.82 bits per heavy atom. The Morgan fingerprint density at radius 1 is 1.41 bits per heavy atom. The summed E-state index contributed by atoms with van der Waals surface area (Å²) in [6.07, 6.45) is 0. The maximum atomic E-state index is 11.5. The number of anilines is 1. The summed E-state index contributed by atoms with van der Waals surface area (Å²) in [6.45, 7) is 0.475. The van der Waals surface area contributed by atoms with Crippen molar-refractivity contribution in [1.29, 1.82) is 0 Å². The lowest BCUT2D eigenvalue weighted by molar-refractivity contribution is 0.251. The first-order valence-corrected chi connectivity index (χ1v) is 6.11. The largest absolute Gasteiger partial charge is 0.334 e. The van der Waals surface area contributed by atoms with Crippen LogP contribution in [0.25, 0.3) is 0 Å². The number of rotatable bonds is 3. The normalized spacial score (nSPS) is 9.88. The lowest BCUT2D eigenvalue weighted by Crippen LogP contribution is -2.28. The molecule has 0 aliphatic rings. The van der Waals surface area contributed by atoms with Gasteiger partial charge in [0.1, 0.15) is 0 Å². The summed E-state index contributed by atoms with van der Waals surface area (Å²) in [5, 5.41) is 12.2. The molecule has 3 N–H and O–H groups in total. The first-order valence-electron chi connectivity index (χ1n) is 4.88. The minimum Gasteiger partial charge on any atom is -0.334 e. The van der Waals surface area contributed by atoms with Crippen LogP contribution in [-0.2, 0) is 6.54 Å². The van der Waals surface area contributed by atoms with Gasteiger partial charge in [-0.2, -0.15) is 0 Å². The number of hydrogen-bond donors (Lipinski definition) is 3. The Labute approximate surface area is 107 Å². The molecular weight excluding hydrogens is 256 g/mol. The van der Waals surface area contributed by atoms with Gasteiger partial charge in [-0.1, -0.05) is 41.7 Å². The second-order valence-electron chi connectivity index (χ2n) is 3.21. The second-order valence-corrected chi connectivity index (χ2v) is 4.88. The molecule has 0 bridgehead atoms. The predicted molar refractivity (Wildman–Crippen MR) is 69.6 cm³/mol. The number of amides is 2. The van der Waals surface area contributed by atoms with Gasteiger partial charge in [-0.25, -0.2) is 4.79 Å². The Morgan fingerprint density at radius 2 is 2.18 bits per heavy atom. The number of nitrogens with one attached hydrogen (secondary N) is 3. The van der Waals surface area contributed by atoms with Crippen LogP contribution in [0.3, 0.4) is 0 Å². The highest BCUT2D eigenvalue weighted by Crippen LogP contribution is 2.10. The summed E-state index contributed by atoms with van der Waals surface area (Å²) in [5.74, 6) is 0. The van der Waals surface area contributed by atoms with Crippen LogP contribution in [0.5, 0.6) is 0 Å². The monoisotopic (exact) mass is 266 g/mol. The van der Waals surface area contributed by atoms with Crippen molar-refractivity contribution in [3.63, 3.8) is 0 Å². The van der Waals surface area contributed by atoms with Gasteiger partial charge in [0, 0.05) is 6.54 Å². The van der Waals surface area contributed by atoms with Gasteiger partial charge in [0.2, 0.25) is 5.13 Å². The molecule has 0 saturated carbocycles. The Kier molecular flexibility index (Phi) is 3.84. The molecule has 1 aromatic carbocycles. The molecule has 1 heterocycles. The lowest BCUT2D eigenvalue weighted by atomic mass is 10.2. The molecule has 2 rings (SSSR count). The third kappa shape index (κ3) is 3.65. The van der Waals surface area contributed by atoms with E-state index in [-0.39, 0.29) is 6.03 Å². The first kappa shape index (κ1) is 11.7. The van der Waals surface area contributed by atoms with E-state index in [1.54, 1.807) is 0 Å². The summed E-state index contributed by atoms with van der Waals surface area (Å²) in [6, 6.07) is 9.37. The van der Waals surface area contributed by atoms with E-state index in [0.717, 1.165) is 5.56 Å². The standard InChI is InChI=1S/C10H10N4OS2/c15-8(12-9-13-14-10(16)17-9)11-6-7-4-2-1-3-5-7/h1-5H,6H2,(H,14,16)(H2,11,12,13,15). The quantitative estimate of drug-likeness (QED) is 0.748. The van der Waals surface area contributed by atoms with Crippen molar-refractivity contribution in [3.8, 4) is 0 Å². The fourth-order valence-electron chi connectivity index (χ4n) is 1.20. The van der Waals surface area contributed by atoms with Crippen molar-refractivity contribution in [3.05, 3.63) is 39.8 Å². The molecule has 0 saturated heterocycles. The van der Waals surface area contributed by atoms with Gasteiger partial charge in [-0.15, -0.1) is 5.10 Å². The van der Waals surface area contributed by atoms with E-state index >= 15 is 0 Å². The highest BCUT2D eigenvalue weighted by atomic mass is 32.1. The highest BCUT2D eigenvalue weighted by molar-refractivity contribution is 7.73. The second kappa shape index (κ2) is 5.55. The summed E-state index contributed by atoms with van der Waals surface area (Å²) in [7, 11) is 0. The molecule has 2 amide bonds. The molecule has 0 fully saturated rings. The van der Waals surface area contributed by atoms with Crippen molar-refractivity contribution in [2.75, 3.05) is 5.32 Å². The molecule has 0 spiro atoms. The van der Waals surface area contributed by atoms with Crippen molar-refractivity contribution in [2.24, 2.45) is 0 Å². The number of carbonyl (C=O) groups excluding carboxylic acids is 1. The average Bonchev–Trinajstić information content (AvgIpc) is 2.73. The molecule has 0 atom stereocenters. The summed E-state index contributed by atoms with van der Waals surface area (Å²) >= 11 is 6.07. The number of hydrogen-bond acceptors (Lipinski definition) is 4. The summed E-state index contributed by atoms with van der Waals surface area (Å²) in [5.41, 5.74) is 1.04. The van der Waals surface area contributed by atoms with Crippen molar-refractivity contribution in [2.45, 2.75) is 6.54 Å². The third-order valence-electron chi connectivity index (χ3n) is 1.95. The third-order valence-corrected chi connectivity index (χ3v) is 2.96. The van der Waals surface area contributed by atoms with Gasteiger partial charge in [0.25, 0.3) is 0 Å². The van der Waals surface area contributed by atoms with Crippen LogP contribution in [0.4, 0.5) is 9.93 Å². The summed E-state index contributed by atoms with van der Waals surface area (Å²) < 4.78 is 0.531. The Balaban J connectivity index is 1.84. The maximum Gasteiger partial charge on any atom is 0.321 e. The molecule has 17 heavy (non-hydrogen) atoms. The molecule has 88 valence electrons. The minimum absolute atomic E-state index is 0.299. The smallest absolute Gasteiger partial charge is 0.321 e. The number of aromatic amines is 1. The van der Waals surface area contributed by atoms with Crippen molar-refractivity contribution >= 4 is 34.7 Å². The van der Waals surface area contributed by atoms with Crippen LogP contribution < -0.4 is 10.6 Å². The molecule has 7 heteroatoms. The van der Waals surface area contributed by atoms with E-state index in [2.05, 4.69) is 20.8 Å². The molecule has 0 radical (unpaired) electrons. The molecule has 0 aliphatic carbocycles. The van der Waals surface area contributed by atoms with Gasteiger partial charge in [0.05, 0.1) is 0 Å². The SMILES string of the molecule is O=C(NCc1ccccc1)Nc1n[nH]c(=S)s1. The van der Waals surface area contributed by atoms with Gasteiger partial charge >= 0.3 is 6.03 Å². The Hall–Kier alpha value is -1.73. The van der Waals surface area contributed by atoms with E-state index in [0.29, 0.717) is 15.6 Å². The van der Waals surface area contributed by atoms with Crippen LogP contribution in [0.15, 0.2) is 30.3 Å². The van der Waals surface area contributed by atoms with Gasteiger partial charge in [-0.3, -0.25) is 10.4 Å². The van der Waals surface area contributed by atoms with E-state index < -0.39 is 0 Å². The fraction of sp³-hybridized carbons (Fsp3) is 0.100. The zero-order valence-corrected chi connectivity index (χ0v) is 10.4.